The quantitative estimate of drug-likeness (QED) is 0.417. The fourth-order valence-electron chi connectivity index (χ4n) is 0.906. The van der Waals surface area contributed by atoms with Crippen LogP contribution >= 0.6 is 0 Å². The molecule has 1 fully saturated rings. The molecule has 0 aliphatic carbocycles. The number of aldehydes is 1. The van der Waals surface area contributed by atoms with E-state index in [2.05, 4.69) is 5.32 Å². The molecule has 5 heteroatoms. The zero-order valence-corrected chi connectivity index (χ0v) is 6.03. The van der Waals surface area contributed by atoms with Crippen LogP contribution in [-0.2, 0) is 9.59 Å². The van der Waals surface area contributed by atoms with E-state index in [0.29, 0.717) is 6.29 Å². The third-order valence-electron chi connectivity index (χ3n) is 1.48. The van der Waals surface area contributed by atoms with Gasteiger partial charge in [-0.05, 0) is 6.92 Å². The molecular weight excluding hydrogens is 148 g/mol. The molecule has 1 saturated heterocycles. The lowest BCUT2D eigenvalue weighted by molar-refractivity contribution is -0.128. The van der Waals surface area contributed by atoms with Crippen molar-refractivity contribution in [3.05, 3.63) is 0 Å². The average Bonchev–Trinajstić information content (AvgIpc) is 2.17. The van der Waals surface area contributed by atoms with Crippen molar-refractivity contribution >= 4 is 18.2 Å². The highest BCUT2D eigenvalue weighted by Gasteiger charge is 2.34. The Kier molecular flexibility index (Phi) is 1.89. The minimum atomic E-state index is -0.498. The summed E-state index contributed by atoms with van der Waals surface area (Å²) in [5, 5.41) is 2.38. The molecule has 1 rings (SSSR count). The summed E-state index contributed by atoms with van der Waals surface area (Å²) < 4.78 is 0. The molecule has 0 radical (unpaired) electrons. The third kappa shape index (κ3) is 1.21. The maximum atomic E-state index is 11.0. The first-order valence-corrected chi connectivity index (χ1v) is 3.22. The molecule has 5 nitrogen and oxygen atoms in total. The van der Waals surface area contributed by atoms with Gasteiger partial charge in [0.2, 0.25) is 0 Å². The van der Waals surface area contributed by atoms with Crippen molar-refractivity contribution in [1.82, 2.24) is 10.2 Å². The highest BCUT2D eigenvalue weighted by atomic mass is 16.2. The Morgan fingerprint density at radius 3 is 2.64 bits per heavy atom. The molecule has 1 atom stereocenters. The second-order valence-corrected chi connectivity index (χ2v) is 2.29. The predicted molar refractivity (Wildman–Crippen MR) is 35.8 cm³/mol. The molecular formula is C6H8N2O3. The third-order valence-corrected chi connectivity index (χ3v) is 1.48. The zero-order chi connectivity index (χ0) is 8.43. The van der Waals surface area contributed by atoms with Crippen molar-refractivity contribution in [3.8, 4) is 0 Å². The van der Waals surface area contributed by atoms with Crippen molar-refractivity contribution in [1.29, 1.82) is 0 Å². The van der Waals surface area contributed by atoms with Crippen molar-refractivity contribution in [2.45, 2.75) is 13.0 Å². The Bertz CT molecular complexity index is 214. The number of carbonyl (C=O) groups is 3. The van der Waals surface area contributed by atoms with Gasteiger partial charge in [0.15, 0.2) is 0 Å². The number of imide groups is 1. The van der Waals surface area contributed by atoms with Gasteiger partial charge < -0.3 is 10.1 Å². The largest absolute Gasteiger partial charge is 0.326 e. The maximum absolute atomic E-state index is 11.0. The second kappa shape index (κ2) is 2.69. The van der Waals surface area contributed by atoms with E-state index in [9.17, 15) is 14.4 Å². The molecule has 1 unspecified atom stereocenters. The number of urea groups is 1. The van der Waals surface area contributed by atoms with Crippen LogP contribution in [0.2, 0.25) is 0 Å². The van der Waals surface area contributed by atoms with Gasteiger partial charge in [-0.3, -0.25) is 9.69 Å². The molecule has 1 aliphatic rings. The Morgan fingerprint density at radius 2 is 2.27 bits per heavy atom. The lowest BCUT2D eigenvalue weighted by Crippen LogP contribution is -2.32. The first kappa shape index (κ1) is 7.71. The van der Waals surface area contributed by atoms with E-state index < -0.39 is 12.1 Å². The number of hydrogen-bond acceptors (Lipinski definition) is 3. The normalized spacial score (nSPS) is 23.7. The van der Waals surface area contributed by atoms with Gasteiger partial charge in [-0.2, -0.15) is 0 Å². The van der Waals surface area contributed by atoms with Crippen molar-refractivity contribution in [2.75, 3.05) is 6.54 Å². The van der Waals surface area contributed by atoms with E-state index in [0.717, 1.165) is 4.90 Å². The fraction of sp³-hybridized carbons (Fsp3) is 0.500. The van der Waals surface area contributed by atoms with Gasteiger partial charge in [0, 0.05) is 0 Å². The number of amides is 3. The zero-order valence-electron chi connectivity index (χ0n) is 6.03. The summed E-state index contributed by atoms with van der Waals surface area (Å²) in [6, 6.07) is -0.989. The summed E-state index contributed by atoms with van der Waals surface area (Å²) in [5.74, 6) is -0.345. The summed E-state index contributed by atoms with van der Waals surface area (Å²) in [7, 11) is 0. The monoisotopic (exact) mass is 156 g/mol. The molecule has 1 heterocycles. The molecule has 11 heavy (non-hydrogen) atoms. The minimum Gasteiger partial charge on any atom is -0.326 e. The molecule has 0 bridgehead atoms. The van der Waals surface area contributed by atoms with Crippen LogP contribution < -0.4 is 5.32 Å². The highest BCUT2D eigenvalue weighted by molar-refractivity contribution is 6.05. The van der Waals surface area contributed by atoms with Gasteiger partial charge in [0.05, 0.1) is 6.54 Å². The topological polar surface area (TPSA) is 66.5 Å². The van der Waals surface area contributed by atoms with E-state index in [1.54, 1.807) is 6.92 Å². The van der Waals surface area contributed by atoms with Crippen LogP contribution in [-0.4, -0.2) is 35.7 Å². The number of rotatable bonds is 2. The van der Waals surface area contributed by atoms with Gasteiger partial charge >= 0.3 is 6.03 Å². The molecule has 1 aliphatic heterocycles. The van der Waals surface area contributed by atoms with E-state index in [1.165, 1.54) is 0 Å². The summed E-state index contributed by atoms with van der Waals surface area (Å²) in [5.41, 5.74) is 0. The standard InChI is InChI=1S/C6H8N2O3/c1-4-5(10)8(2-3-9)6(11)7-4/h3-4H,2H2,1H3,(H,7,11). The van der Waals surface area contributed by atoms with Gasteiger partial charge in [-0.25, -0.2) is 4.79 Å². The number of nitrogens with one attached hydrogen (secondary N) is 1. The van der Waals surface area contributed by atoms with Crippen LogP contribution in [0.1, 0.15) is 6.92 Å². The van der Waals surface area contributed by atoms with Crippen molar-refractivity contribution < 1.29 is 14.4 Å². The summed E-state index contributed by atoms with van der Waals surface area (Å²) in [4.78, 5) is 32.7. The number of nitrogens with zero attached hydrogens (tertiary/aromatic N) is 1. The Balaban J connectivity index is 2.71. The number of hydrogen-bond donors (Lipinski definition) is 1. The SMILES string of the molecule is CC1NC(=O)N(CC=O)C1=O. The Morgan fingerprint density at radius 1 is 1.64 bits per heavy atom. The van der Waals surface area contributed by atoms with Gasteiger partial charge in [-0.1, -0.05) is 0 Å². The minimum absolute atomic E-state index is 0.158. The lowest BCUT2D eigenvalue weighted by atomic mass is 10.3. The number of carbonyl (C=O) groups excluding carboxylic acids is 3. The first-order chi connectivity index (χ1) is 5.16. The van der Waals surface area contributed by atoms with Crippen LogP contribution in [0, 0.1) is 0 Å². The van der Waals surface area contributed by atoms with Crippen LogP contribution in [0.25, 0.3) is 0 Å². The van der Waals surface area contributed by atoms with Crippen molar-refractivity contribution in [2.24, 2.45) is 0 Å². The maximum Gasteiger partial charge on any atom is 0.325 e. The molecule has 1 N–H and O–H groups in total. The predicted octanol–water partition coefficient (Wildman–Crippen LogP) is -0.874. The van der Waals surface area contributed by atoms with E-state index in [-0.39, 0.29) is 12.5 Å². The first-order valence-electron chi connectivity index (χ1n) is 3.22. The molecule has 0 aromatic heterocycles. The summed E-state index contributed by atoms with van der Waals surface area (Å²) in [6.07, 6.45) is 0.523. The lowest BCUT2D eigenvalue weighted by Gasteiger charge is -2.05. The van der Waals surface area contributed by atoms with E-state index in [4.69, 9.17) is 0 Å². The molecule has 0 spiro atoms. The van der Waals surface area contributed by atoms with Crippen LogP contribution in [0.5, 0.6) is 0 Å². The Hall–Kier alpha value is -1.39. The molecule has 0 aromatic carbocycles. The van der Waals surface area contributed by atoms with E-state index >= 15 is 0 Å². The molecule has 60 valence electrons. The smallest absolute Gasteiger partial charge is 0.325 e. The van der Waals surface area contributed by atoms with E-state index in [1.807, 2.05) is 0 Å². The second-order valence-electron chi connectivity index (χ2n) is 2.29. The van der Waals surface area contributed by atoms with Gasteiger partial charge in [-0.15, -0.1) is 0 Å². The van der Waals surface area contributed by atoms with Crippen molar-refractivity contribution in [3.63, 3.8) is 0 Å². The summed E-state index contributed by atoms with van der Waals surface area (Å²) in [6.45, 7) is 1.42. The van der Waals surface area contributed by atoms with Crippen LogP contribution in [0.3, 0.4) is 0 Å². The molecule has 0 saturated carbocycles. The van der Waals surface area contributed by atoms with Gasteiger partial charge in [0.25, 0.3) is 5.91 Å². The Labute approximate surface area is 63.4 Å². The average molecular weight is 156 g/mol. The highest BCUT2D eigenvalue weighted by Crippen LogP contribution is 2.03. The van der Waals surface area contributed by atoms with Crippen LogP contribution in [0.15, 0.2) is 0 Å². The molecule has 0 aromatic rings. The van der Waals surface area contributed by atoms with Crippen LogP contribution in [0.4, 0.5) is 4.79 Å². The summed E-state index contributed by atoms with van der Waals surface area (Å²) >= 11 is 0. The molecule has 3 amide bonds. The fourth-order valence-corrected chi connectivity index (χ4v) is 0.906. The van der Waals surface area contributed by atoms with Gasteiger partial charge in [0.1, 0.15) is 12.3 Å².